The first kappa shape index (κ1) is 17.6. The minimum absolute atomic E-state index is 0.295. The van der Waals surface area contributed by atoms with Gasteiger partial charge in [-0.25, -0.2) is 4.79 Å². The third-order valence-corrected chi connectivity index (χ3v) is 6.04. The molecule has 1 aromatic carbocycles. The summed E-state index contributed by atoms with van der Waals surface area (Å²) >= 11 is 1.59. The highest BCUT2D eigenvalue weighted by Gasteiger charge is 2.28. The van der Waals surface area contributed by atoms with Gasteiger partial charge in [-0.15, -0.1) is 21.5 Å². The molecule has 1 N–H and O–H groups in total. The number of fused-ring (bicyclic) bond motifs is 3. The van der Waals surface area contributed by atoms with Crippen LogP contribution in [-0.2, 0) is 20.0 Å². The minimum Gasteiger partial charge on any atom is -0.496 e. The molecule has 4 aromatic rings. The molecule has 0 unspecified atom stereocenters. The van der Waals surface area contributed by atoms with Crippen LogP contribution in [0.1, 0.15) is 16.1 Å². The lowest BCUT2D eigenvalue weighted by Gasteiger charge is -2.23. The van der Waals surface area contributed by atoms with Crippen molar-refractivity contribution in [2.24, 2.45) is 7.05 Å². The number of tetrazole rings is 1. The number of benzene rings is 1. The van der Waals surface area contributed by atoms with E-state index in [2.05, 4.69) is 15.4 Å². The fourth-order valence-corrected chi connectivity index (χ4v) is 4.63. The zero-order chi connectivity index (χ0) is 20.1. The molecule has 9 heteroatoms. The number of carboxylic acid groups (broad SMARTS) is 1. The predicted molar refractivity (Wildman–Crippen MR) is 108 cm³/mol. The van der Waals surface area contributed by atoms with Crippen LogP contribution in [0.2, 0.25) is 0 Å². The van der Waals surface area contributed by atoms with Crippen LogP contribution in [0.5, 0.6) is 5.75 Å². The molecule has 0 radical (unpaired) electrons. The molecular weight excluding hydrogens is 390 g/mol. The molecule has 3 aromatic heterocycles. The van der Waals surface area contributed by atoms with Crippen molar-refractivity contribution in [3.05, 3.63) is 47.0 Å². The summed E-state index contributed by atoms with van der Waals surface area (Å²) in [5.41, 5.74) is 4.91. The third kappa shape index (κ3) is 2.73. The number of aromatic carboxylic acids is 1. The lowest BCUT2D eigenvalue weighted by atomic mass is 9.93. The highest BCUT2D eigenvalue weighted by molar-refractivity contribution is 7.13. The van der Waals surface area contributed by atoms with Gasteiger partial charge in [0.05, 0.1) is 25.4 Å². The van der Waals surface area contributed by atoms with E-state index < -0.39 is 5.97 Å². The number of aryl methyl sites for hydroxylation is 2. The molecule has 146 valence electrons. The first-order valence-electron chi connectivity index (χ1n) is 9.03. The first-order valence-corrected chi connectivity index (χ1v) is 9.91. The van der Waals surface area contributed by atoms with Crippen LogP contribution in [0.25, 0.3) is 33.1 Å². The molecule has 0 saturated carbocycles. The summed E-state index contributed by atoms with van der Waals surface area (Å²) < 4.78 is 7.48. The topological polar surface area (TPSA) is 95.1 Å². The number of ether oxygens (including phenoxy) is 1. The van der Waals surface area contributed by atoms with Gasteiger partial charge in [0.25, 0.3) is 0 Å². The normalized spacial score (nSPS) is 12.5. The highest BCUT2D eigenvalue weighted by Crippen LogP contribution is 2.44. The van der Waals surface area contributed by atoms with E-state index in [1.54, 1.807) is 31.6 Å². The van der Waals surface area contributed by atoms with E-state index in [1.807, 2.05) is 34.2 Å². The summed E-state index contributed by atoms with van der Waals surface area (Å²) in [6.45, 7) is 0.598. The molecule has 0 fully saturated rings. The quantitative estimate of drug-likeness (QED) is 0.558. The van der Waals surface area contributed by atoms with Crippen molar-refractivity contribution in [3.8, 4) is 38.8 Å². The van der Waals surface area contributed by atoms with Crippen molar-refractivity contribution < 1.29 is 14.6 Å². The van der Waals surface area contributed by atoms with Crippen molar-refractivity contribution in [3.63, 3.8) is 0 Å². The number of carbonyl (C=O) groups is 1. The van der Waals surface area contributed by atoms with Crippen LogP contribution in [0.4, 0.5) is 0 Å². The van der Waals surface area contributed by atoms with Crippen LogP contribution in [0, 0.1) is 0 Å². The fraction of sp³-hybridized carbons (Fsp3) is 0.200. The number of methoxy groups -OCH3 is 1. The van der Waals surface area contributed by atoms with Crippen LogP contribution in [0.3, 0.4) is 0 Å². The van der Waals surface area contributed by atoms with E-state index in [-0.39, 0.29) is 0 Å². The summed E-state index contributed by atoms with van der Waals surface area (Å²) in [6.07, 6.45) is 0.714. The highest BCUT2D eigenvalue weighted by atomic mass is 32.1. The van der Waals surface area contributed by atoms with Gasteiger partial charge in [0.1, 0.15) is 11.4 Å². The number of hydrogen-bond donors (Lipinski definition) is 1. The molecule has 0 aliphatic carbocycles. The molecule has 0 bridgehead atoms. The van der Waals surface area contributed by atoms with E-state index in [1.165, 1.54) is 4.80 Å². The van der Waals surface area contributed by atoms with E-state index in [0.29, 0.717) is 30.2 Å². The summed E-state index contributed by atoms with van der Waals surface area (Å²) in [5.74, 6) is 0.210. The lowest BCUT2D eigenvalue weighted by molar-refractivity contribution is 0.0685. The summed E-state index contributed by atoms with van der Waals surface area (Å²) in [6, 6.07) is 9.73. The lowest BCUT2D eigenvalue weighted by Crippen LogP contribution is -2.16. The molecule has 0 saturated heterocycles. The van der Waals surface area contributed by atoms with Crippen molar-refractivity contribution >= 4 is 17.3 Å². The smallest absolute Gasteiger partial charge is 0.352 e. The van der Waals surface area contributed by atoms with Crippen LogP contribution in [-0.4, -0.2) is 43.0 Å². The molecular formula is C20H17N5O3S. The second-order valence-corrected chi connectivity index (χ2v) is 7.74. The number of nitrogens with zero attached hydrogens (tertiary/aromatic N) is 5. The number of rotatable bonds is 4. The molecule has 0 atom stereocenters. The predicted octanol–water partition coefficient (Wildman–Crippen LogP) is 3.34. The van der Waals surface area contributed by atoms with Gasteiger partial charge >= 0.3 is 5.97 Å². The van der Waals surface area contributed by atoms with Gasteiger partial charge in [-0.3, -0.25) is 0 Å². The molecule has 1 aliphatic heterocycles. The Hall–Kier alpha value is -3.46. The standard InChI is InChI=1S/C20H17N5O3S/c1-24-22-19(21-23-24)13-9-12-11(8-16(13)28-2)5-6-25-15(20(26)27)10-14(18(12)25)17-4-3-7-29-17/h3-4,7-10H,5-6H2,1-2H3,(H,26,27). The molecule has 8 nitrogen and oxygen atoms in total. The molecule has 5 rings (SSSR count). The minimum atomic E-state index is -0.929. The van der Waals surface area contributed by atoms with Gasteiger partial charge in [0, 0.05) is 22.5 Å². The Morgan fingerprint density at radius 1 is 1.24 bits per heavy atom. The fourth-order valence-electron chi connectivity index (χ4n) is 3.89. The summed E-state index contributed by atoms with van der Waals surface area (Å²) in [5, 5.41) is 24.1. The number of aromatic nitrogens is 5. The SMILES string of the molecule is COc1cc2c(cc1-c1nnn(C)n1)-c1c(-c3cccs3)cc(C(=O)O)n1CC2. The van der Waals surface area contributed by atoms with E-state index in [4.69, 9.17) is 4.74 Å². The maximum absolute atomic E-state index is 11.9. The summed E-state index contributed by atoms with van der Waals surface area (Å²) in [7, 11) is 3.33. The maximum Gasteiger partial charge on any atom is 0.352 e. The van der Waals surface area contributed by atoms with Gasteiger partial charge in [0.2, 0.25) is 5.82 Å². The number of carboxylic acids is 1. The van der Waals surface area contributed by atoms with Gasteiger partial charge in [-0.05, 0) is 46.8 Å². The van der Waals surface area contributed by atoms with E-state index in [0.717, 1.165) is 32.8 Å². The molecule has 4 heterocycles. The first-order chi connectivity index (χ1) is 14.1. The zero-order valence-electron chi connectivity index (χ0n) is 15.8. The van der Waals surface area contributed by atoms with E-state index in [9.17, 15) is 9.90 Å². The van der Waals surface area contributed by atoms with Crippen molar-refractivity contribution in [1.29, 1.82) is 0 Å². The molecule has 0 spiro atoms. The van der Waals surface area contributed by atoms with Crippen LogP contribution in [0.15, 0.2) is 35.7 Å². The largest absolute Gasteiger partial charge is 0.496 e. The van der Waals surface area contributed by atoms with E-state index >= 15 is 0 Å². The van der Waals surface area contributed by atoms with Crippen LogP contribution < -0.4 is 4.74 Å². The Bertz CT molecular complexity index is 1240. The van der Waals surface area contributed by atoms with Crippen molar-refractivity contribution in [1.82, 2.24) is 24.8 Å². The van der Waals surface area contributed by atoms with Crippen LogP contribution >= 0.6 is 11.3 Å². The Balaban J connectivity index is 1.80. The Kier molecular flexibility index (Phi) is 3.99. The number of thiophene rings is 1. The van der Waals surface area contributed by atoms with Gasteiger partial charge < -0.3 is 14.4 Å². The van der Waals surface area contributed by atoms with Crippen molar-refractivity contribution in [2.45, 2.75) is 13.0 Å². The second-order valence-electron chi connectivity index (χ2n) is 6.79. The van der Waals surface area contributed by atoms with Gasteiger partial charge in [-0.2, -0.15) is 4.80 Å². The molecule has 29 heavy (non-hydrogen) atoms. The average Bonchev–Trinajstić information content (AvgIpc) is 3.45. The van der Waals surface area contributed by atoms with Gasteiger partial charge in [0.15, 0.2) is 0 Å². The molecule has 0 amide bonds. The Morgan fingerprint density at radius 2 is 2.10 bits per heavy atom. The van der Waals surface area contributed by atoms with Gasteiger partial charge in [-0.1, -0.05) is 6.07 Å². The van der Waals surface area contributed by atoms with Crippen molar-refractivity contribution in [2.75, 3.05) is 7.11 Å². The summed E-state index contributed by atoms with van der Waals surface area (Å²) in [4.78, 5) is 14.3. The zero-order valence-corrected chi connectivity index (χ0v) is 16.6. The Labute approximate surface area is 170 Å². The Morgan fingerprint density at radius 3 is 2.76 bits per heavy atom. The molecule has 1 aliphatic rings. The average molecular weight is 407 g/mol. The third-order valence-electron chi connectivity index (χ3n) is 5.14. The maximum atomic E-state index is 11.9. The second kappa shape index (κ2) is 6.56. The monoisotopic (exact) mass is 407 g/mol. The number of hydrogen-bond acceptors (Lipinski definition) is 6.